The normalized spacial score (nSPS) is 12.2. The number of ether oxygens (including phenoxy) is 1. The van der Waals surface area contributed by atoms with Crippen LogP contribution >= 0.6 is 0 Å². The number of hydrogen-bond acceptors (Lipinski definition) is 2. The van der Waals surface area contributed by atoms with E-state index in [0.717, 1.165) is 18.5 Å². The van der Waals surface area contributed by atoms with Crippen molar-refractivity contribution in [3.8, 4) is 5.75 Å². The van der Waals surface area contributed by atoms with Crippen molar-refractivity contribution in [1.29, 1.82) is 0 Å². The highest BCUT2D eigenvalue weighted by Gasteiger charge is 2.00. The van der Waals surface area contributed by atoms with Gasteiger partial charge in [0.1, 0.15) is 12.0 Å². The fraction of sp³-hybridized carbons (Fsp3) is 0.364. The Labute approximate surface area is 78.5 Å². The van der Waals surface area contributed by atoms with Crippen LogP contribution in [0.15, 0.2) is 24.3 Å². The third kappa shape index (κ3) is 2.90. The van der Waals surface area contributed by atoms with Crippen LogP contribution in [0.25, 0.3) is 0 Å². The molecule has 1 unspecified atom stereocenters. The van der Waals surface area contributed by atoms with Crippen LogP contribution in [0.2, 0.25) is 0 Å². The van der Waals surface area contributed by atoms with Crippen molar-refractivity contribution < 1.29 is 9.53 Å². The lowest BCUT2D eigenvalue weighted by molar-refractivity contribution is 0.112. The summed E-state index contributed by atoms with van der Waals surface area (Å²) in [7, 11) is 0. The number of rotatable bonds is 4. The Morgan fingerprint density at radius 1 is 1.54 bits per heavy atom. The molecule has 0 aliphatic rings. The smallest absolute Gasteiger partial charge is 0.150 e. The minimum atomic E-state index is 0.196. The number of aldehydes is 1. The molecule has 0 fully saturated rings. The van der Waals surface area contributed by atoms with Crippen LogP contribution in [0, 0.1) is 0 Å². The summed E-state index contributed by atoms with van der Waals surface area (Å²) in [5.74, 6) is 0.763. The molecule has 1 aromatic rings. The second-order valence-electron chi connectivity index (χ2n) is 3.03. The molecule has 0 heterocycles. The van der Waals surface area contributed by atoms with Crippen molar-refractivity contribution in [2.24, 2.45) is 0 Å². The molecule has 0 N–H and O–H groups in total. The zero-order valence-electron chi connectivity index (χ0n) is 7.99. The molecule has 0 amide bonds. The predicted molar refractivity (Wildman–Crippen MR) is 52.2 cm³/mol. The maximum Gasteiger partial charge on any atom is 0.150 e. The van der Waals surface area contributed by atoms with Crippen molar-refractivity contribution in [3.63, 3.8) is 0 Å². The summed E-state index contributed by atoms with van der Waals surface area (Å²) in [6.07, 6.45) is 1.98. The summed E-state index contributed by atoms with van der Waals surface area (Å²) in [6, 6.07) is 7.19. The first-order valence-electron chi connectivity index (χ1n) is 4.48. The zero-order chi connectivity index (χ0) is 9.68. The SMILES string of the molecule is CCC(C)Oc1cccc(C=O)c1. The van der Waals surface area contributed by atoms with E-state index < -0.39 is 0 Å². The minimum Gasteiger partial charge on any atom is -0.491 e. The Balaban J connectivity index is 2.71. The third-order valence-corrected chi connectivity index (χ3v) is 1.91. The van der Waals surface area contributed by atoms with Gasteiger partial charge in [-0.1, -0.05) is 19.1 Å². The van der Waals surface area contributed by atoms with Gasteiger partial charge in [0.15, 0.2) is 0 Å². The lowest BCUT2D eigenvalue weighted by Gasteiger charge is -2.12. The molecule has 0 aliphatic carbocycles. The molecule has 1 aromatic carbocycles. The van der Waals surface area contributed by atoms with E-state index in [4.69, 9.17) is 4.74 Å². The largest absolute Gasteiger partial charge is 0.491 e. The molecule has 0 aliphatic heterocycles. The second kappa shape index (κ2) is 4.65. The summed E-state index contributed by atoms with van der Waals surface area (Å²) in [5.41, 5.74) is 0.654. The van der Waals surface area contributed by atoms with Gasteiger partial charge in [-0.05, 0) is 25.5 Å². The average molecular weight is 178 g/mol. The van der Waals surface area contributed by atoms with E-state index in [9.17, 15) is 4.79 Å². The standard InChI is InChI=1S/C11H14O2/c1-3-9(2)13-11-6-4-5-10(7-11)8-12/h4-9H,3H2,1-2H3. The van der Waals surface area contributed by atoms with Gasteiger partial charge < -0.3 is 4.74 Å². The Morgan fingerprint density at radius 2 is 2.31 bits per heavy atom. The molecule has 0 aromatic heterocycles. The van der Waals surface area contributed by atoms with E-state index >= 15 is 0 Å². The summed E-state index contributed by atoms with van der Waals surface area (Å²) in [4.78, 5) is 10.5. The molecule has 0 spiro atoms. The first-order valence-corrected chi connectivity index (χ1v) is 4.48. The van der Waals surface area contributed by atoms with Gasteiger partial charge in [0.25, 0.3) is 0 Å². The fourth-order valence-electron chi connectivity index (χ4n) is 0.977. The molecule has 0 saturated carbocycles. The highest BCUT2D eigenvalue weighted by Crippen LogP contribution is 2.14. The second-order valence-corrected chi connectivity index (χ2v) is 3.03. The molecular formula is C11H14O2. The maximum atomic E-state index is 10.5. The quantitative estimate of drug-likeness (QED) is 0.662. The molecule has 2 heteroatoms. The first kappa shape index (κ1) is 9.78. The van der Waals surface area contributed by atoms with Crippen LogP contribution in [0.4, 0.5) is 0 Å². The maximum absolute atomic E-state index is 10.5. The molecule has 13 heavy (non-hydrogen) atoms. The molecule has 1 atom stereocenters. The van der Waals surface area contributed by atoms with Gasteiger partial charge >= 0.3 is 0 Å². The van der Waals surface area contributed by atoms with Crippen molar-refractivity contribution in [2.45, 2.75) is 26.4 Å². The lowest BCUT2D eigenvalue weighted by Crippen LogP contribution is -2.09. The Morgan fingerprint density at radius 3 is 2.92 bits per heavy atom. The van der Waals surface area contributed by atoms with Crippen LogP contribution in [0.3, 0.4) is 0 Å². The highest BCUT2D eigenvalue weighted by atomic mass is 16.5. The highest BCUT2D eigenvalue weighted by molar-refractivity contribution is 5.75. The molecule has 0 bridgehead atoms. The molecule has 70 valence electrons. The number of benzene rings is 1. The van der Waals surface area contributed by atoms with Gasteiger partial charge in [0, 0.05) is 5.56 Å². The Hall–Kier alpha value is -1.31. The van der Waals surface area contributed by atoms with E-state index in [1.54, 1.807) is 12.1 Å². The van der Waals surface area contributed by atoms with E-state index in [2.05, 4.69) is 6.92 Å². The van der Waals surface area contributed by atoms with Gasteiger partial charge in [-0.3, -0.25) is 4.79 Å². The van der Waals surface area contributed by atoms with Gasteiger partial charge in [0.2, 0.25) is 0 Å². The summed E-state index contributed by atoms with van der Waals surface area (Å²) < 4.78 is 5.55. The minimum absolute atomic E-state index is 0.196. The van der Waals surface area contributed by atoms with Gasteiger partial charge in [-0.2, -0.15) is 0 Å². The fourth-order valence-corrected chi connectivity index (χ4v) is 0.977. The average Bonchev–Trinajstić information content (AvgIpc) is 2.18. The van der Waals surface area contributed by atoms with E-state index in [1.165, 1.54) is 0 Å². The molecule has 1 rings (SSSR count). The van der Waals surface area contributed by atoms with Crippen molar-refractivity contribution in [2.75, 3.05) is 0 Å². The zero-order valence-corrected chi connectivity index (χ0v) is 7.99. The van der Waals surface area contributed by atoms with E-state index in [0.29, 0.717) is 5.56 Å². The van der Waals surface area contributed by atoms with Crippen LogP contribution in [0.1, 0.15) is 30.6 Å². The summed E-state index contributed by atoms with van der Waals surface area (Å²) in [6.45, 7) is 4.07. The van der Waals surface area contributed by atoms with Gasteiger partial charge in [0.05, 0.1) is 6.10 Å². The Bertz CT molecular complexity index is 281. The van der Waals surface area contributed by atoms with Crippen molar-refractivity contribution in [3.05, 3.63) is 29.8 Å². The predicted octanol–water partition coefficient (Wildman–Crippen LogP) is 2.68. The van der Waals surface area contributed by atoms with Crippen molar-refractivity contribution in [1.82, 2.24) is 0 Å². The molecule has 0 radical (unpaired) electrons. The summed E-state index contributed by atoms with van der Waals surface area (Å²) in [5, 5.41) is 0. The van der Waals surface area contributed by atoms with E-state index in [1.807, 2.05) is 19.1 Å². The summed E-state index contributed by atoms with van der Waals surface area (Å²) >= 11 is 0. The van der Waals surface area contributed by atoms with Crippen LogP contribution in [-0.2, 0) is 0 Å². The Kier molecular flexibility index (Phi) is 3.50. The lowest BCUT2D eigenvalue weighted by atomic mass is 10.2. The number of carbonyl (C=O) groups excluding carboxylic acids is 1. The van der Waals surface area contributed by atoms with Crippen LogP contribution in [-0.4, -0.2) is 12.4 Å². The topological polar surface area (TPSA) is 26.3 Å². The molecule has 0 saturated heterocycles. The van der Waals surface area contributed by atoms with Gasteiger partial charge in [-0.25, -0.2) is 0 Å². The monoisotopic (exact) mass is 178 g/mol. The van der Waals surface area contributed by atoms with Crippen LogP contribution in [0.5, 0.6) is 5.75 Å². The first-order chi connectivity index (χ1) is 6.26. The van der Waals surface area contributed by atoms with E-state index in [-0.39, 0.29) is 6.10 Å². The van der Waals surface area contributed by atoms with Crippen molar-refractivity contribution >= 4 is 6.29 Å². The third-order valence-electron chi connectivity index (χ3n) is 1.91. The molecule has 2 nitrogen and oxygen atoms in total. The van der Waals surface area contributed by atoms with Gasteiger partial charge in [-0.15, -0.1) is 0 Å². The number of carbonyl (C=O) groups is 1. The van der Waals surface area contributed by atoms with Crippen LogP contribution < -0.4 is 4.74 Å². The molecular weight excluding hydrogens is 164 g/mol. The number of hydrogen-bond donors (Lipinski definition) is 0.